The fourth-order valence-electron chi connectivity index (χ4n) is 2.24. The molecule has 98 valence electrons. The minimum atomic E-state index is -4.75. The summed E-state index contributed by atoms with van der Waals surface area (Å²) in [5.74, 6) is -1.19. The molecule has 7 heteroatoms. The quantitative estimate of drug-likeness (QED) is 0.760. The Bertz CT molecular complexity index is 330. The zero-order valence-corrected chi connectivity index (χ0v) is 9.38. The monoisotopic (exact) mass is 252 g/mol. The molecule has 2 rings (SSSR count). The average Bonchev–Trinajstić information content (AvgIpc) is 2.76. The van der Waals surface area contributed by atoms with Gasteiger partial charge in [0.1, 0.15) is 0 Å². The zero-order chi connectivity index (χ0) is 12.8. The van der Waals surface area contributed by atoms with Crippen molar-refractivity contribution < 1.29 is 22.7 Å². The van der Waals surface area contributed by atoms with Crippen molar-refractivity contribution >= 4 is 5.91 Å². The lowest BCUT2D eigenvalue weighted by Crippen LogP contribution is -2.63. The summed E-state index contributed by atoms with van der Waals surface area (Å²) >= 11 is 0. The first kappa shape index (κ1) is 12.6. The Labute approximate surface area is 96.7 Å². The number of carbonyl (C=O) groups excluding carboxylic acids is 1. The van der Waals surface area contributed by atoms with Crippen LogP contribution in [0.2, 0.25) is 0 Å². The molecule has 4 nitrogen and oxygen atoms in total. The number of nitrogens with two attached hydrogens (primary N) is 1. The molecule has 0 aromatic rings. The second kappa shape index (κ2) is 3.84. The fourth-order valence-corrected chi connectivity index (χ4v) is 2.24. The van der Waals surface area contributed by atoms with Crippen molar-refractivity contribution in [3.8, 4) is 0 Å². The van der Waals surface area contributed by atoms with Crippen molar-refractivity contribution in [2.75, 3.05) is 0 Å². The summed E-state index contributed by atoms with van der Waals surface area (Å²) in [5, 5.41) is 2.35. The number of carbonyl (C=O) groups is 1. The Morgan fingerprint density at radius 3 is 2.47 bits per heavy atom. The summed E-state index contributed by atoms with van der Waals surface area (Å²) in [6.45, 7) is 0.677. The minimum absolute atomic E-state index is 0.0696. The number of nitrogens with one attached hydrogen (secondary N) is 1. The smallest absolute Gasteiger partial charge is 0.373 e. The number of hydrogen-bond donors (Lipinski definition) is 2. The predicted molar refractivity (Wildman–Crippen MR) is 53.1 cm³/mol. The van der Waals surface area contributed by atoms with Gasteiger partial charge in [0.25, 0.3) is 0 Å². The number of hydrogen-bond acceptors (Lipinski definition) is 3. The number of halogens is 3. The third-order valence-corrected chi connectivity index (χ3v) is 3.48. The summed E-state index contributed by atoms with van der Waals surface area (Å²) < 4.78 is 43.0. The molecule has 3 N–H and O–H groups in total. The first-order valence-corrected chi connectivity index (χ1v) is 5.54. The highest BCUT2D eigenvalue weighted by Crippen LogP contribution is 2.35. The van der Waals surface area contributed by atoms with Gasteiger partial charge in [0.2, 0.25) is 5.91 Å². The molecule has 17 heavy (non-hydrogen) atoms. The van der Waals surface area contributed by atoms with Crippen LogP contribution in [-0.2, 0) is 9.53 Å². The molecule has 2 fully saturated rings. The summed E-state index contributed by atoms with van der Waals surface area (Å²) in [6, 6.07) is -0.341. The second-order valence-corrected chi connectivity index (χ2v) is 4.89. The molecular weight excluding hydrogens is 237 g/mol. The molecule has 0 aliphatic carbocycles. The Morgan fingerprint density at radius 2 is 2.06 bits per heavy atom. The van der Waals surface area contributed by atoms with Crippen LogP contribution in [0.4, 0.5) is 13.2 Å². The van der Waals surface area contributed by atoms with Crippen molar-refractivity contribution in [1.82, 2.24) is 5.32 Å². The van der Waals surface area contributed by atoms with Crippen molar-refractivity contribution in [1.29, 1.82) is 0 Å². The van der Waals surface area contributed by atoms with Gasteiger partial charge < -0.3 is 15.8 Å². The van der Waals surface area contributed by atoms with Crippen LogP contribution >= 0.6 is 0 Å². The number of rotatable bonds is 2. The van der Waals surface area contributed by atoms with Crippen LogP contribution in [0.15, 0.2) is 0 Å². The zero-order valence-electron chi connectivity index (χ0n) is 9.38. The molecule has 4 atom stereocenters. The first-order valence-electron chi connectivity index (χ1n) is 5.54. The number of amides is 1. The minimum Gasteiger partial charge on any atom is -0.373 e. The van der Waals surface area contributed by atoms with Gasteiger partial charge in [-0.05, 0) is 26.2 Å². The van der Waals surface area contributed by atoms with Gasteiger partial charge in [-0.2, -0.15) is 13.2 Å². The molecule has 0 saturated carbocycles. The molecule has 2 heterocycles. The van der Waals surface area contributed by atoms with Gasteiger partial charge in [0, 0.05) is 0 Å². The van der Waals surface area contributed by atoms with E-state index in [2.05, 4.69) is 5.32 Å². The second-order valence-electron chi connectivity index (χ2n) is 4.89. The largest absolute Gasteiger partial charge is 0.415 e. The number of fused-ring (bicyclic) bond motifs is 2. The summed E-state index contributed by atoms with van der Waals surface area (Å²) in [5.41, 5.74) is 2.18. The number of ether oxygens (including phenoxy) is 1. The summed E-state index contributed by atoms with van der Waals surface area (Å²) in [7, 11) is 0. The van der Waals surface area contributed by atoms with Crippen molar-refractivity contribution in [3.63, 3.8) is 0 Å². The van der Waals surface area contributed by atoms with Crippen molar-refractivity contribution in [2.24, 2.45) is 5.73 Å². The van der Waals surface area contributed by atoms with E-state index < -0.39 is 17.6 Å². The van der Waals surface area contributed by atoms with E-state index in [1.54, 1.807) is 0 Å². The van der Waals surface area contributed by atoms with Gasteiger partial charge in [-0.15, -0.1) is 0 Å². The van der Waals surface area contributed by atoms with Gasteiger partial charge in [0.15, 0.2) is 5.54 Å². The van der Waals surface area contributed by atoms with Crippen LogP contribution in [0, 0.1) is 0 Å². The maximum atomic E-state index is 12.5. The SMILES string of the molecule is CC(N)(C(=O)NC1CC2CCC1O2)C(F)(F)F. The molecule has 1 amide bonds. The van der Waals surface area contributed by atoms with Gasteiger partial charge in [-0.25, -0.2) is 0 Å². The molecule has 4 unspecified atom stereocenters. The molecule has 0 spiro atoms. The van der Waals surface area contributed by atoms with Gasteiger partial charge in [-0.1, -0.05) is 0 Å². The molecule has 0 aromatic carbocycles. The molecule has 2 saturated heterocycles. The Morgan fingerprint density at radius 1 is 1.41 bits per heavy atom. The van der Waals surface area contributed by atoms with E-state index in [1.165, 1.54) is 0 Å². The third kappa shape index (κ3) is 2.13. The van der Waals surface area contributed by atoms with E-state index in [0.717, 1.165) is 12.8 Å². The highest BCUT2D eigenvalue weighted by molar-refractivity contribution is 5.86. The molecule has 2 aliphatic rings. The van der Waals surface area contributed by atoms with Gasteiger partial charge >= 0.3 is 6.18 Å². The van der Waals surface area contributed by atoms with Crippen LogP contribution in [0.3, 0.4) is 0 Å². The van der Waals surface area contributed by atoms with Gasteiger partial charge in [0.05, 0.1) is 18.2 Å². The topological polar surface area (TPSA) is 64.4 Å². The van der Waals surface area contributed by atoms with Crippen molar-refractivity contribution in [2.45, 2.75) is 56.2 Å². The van der Waals surface area contributed by atoms with E-state index in [9.17, 15) is 18.0 Å². The highest BCUT2D eigenvalue weighted by atomic mass is 19.4. The van der Waals surface area contributed by atoms with E-state index in [-0.39, 0.29) is 18.2 Å². The van der Waals surface area contributed by atoms with Crippen LogP contribution < -0.4 is 11.1 Å². The van der Waals surface area contributed by atoms with Gasteiger partial charge in [-0.3, -0.25) is 4.79 Å². The van der Waals surface area contributed by atoms with E-state index in [4.69, 9.17) is 10.5 Å². The summed E-state index contributed by atoms with van der Waals surface area (Å²) in [4.78, 5) is 11.5. The first-order chi connectivity index (χ1) is 7.72. The average molecular weight is 252 g/mol. The van der Waals surface area contributed by atoms with Crippen LogP contribution in [0.1, 0.15) is 26.2 Å². The molecule has 0 aromatic heterocycles. The maximum absolute atomic E-state index is 12.5. The third-order valence-electron chi connectivity index (χ3n) is 3.48. The lowest BCUT2D eigenvalue weighted by atomic mass is 9.94. The Balaban J connectivity index is 1.98. The normalized spacial score (nSPS) is 35.7. The predicted octanol–water partition coefficient (Wildman–Crippen LogP) is 0.702. The number of alkyl halides is 3. The Hall–Kier alpha value is -0.820. The lowest BCUT2D eigenvalue weighted by molar-refractivity contribution is -0.188. The molecular formula is C10H15F3N2O2. The highest BCUT2D eigenvalue weighted by Gasteiger charge is 2.55. The van der Waals surface area contributed by atoms with E-state index in [1.807, 2.05) is 0 Å². The van der Waals surface area contributed by atoms with E-state index in [0.29, 0.717) is 13.3 Å². The molecule has 2 bridgehead atoms. The Kier molecular flexibility index (Phi) is 2.86. The maximum Gasteiger partial charge on any atom is 0.415 e. The van der Waals surface area contributed by atoms with Crippen LogP contribution in [0.5, 0.6) is 0 Å². The fraction of sp³-hybridized carbons (Fsp3) is 0.900. The van der Waals surface area contributed by atoms with Crippen LogP contribution in [-0.4, -0.2) is 35.9 Å². The van der Waals surface area contributed by atoms with E-state index >= 15 is 0 Å². The molecule has 2 aliphatic heterocycles. The molecule has 0 radical (unpaired) electrons. The van der Waals surface area contributed by atoms with Crippen molar-refractivity contribution in [3.05, 3.63) is 0 Å². The lowest BCUT2D eigenvalue weighted by Gasteiger charge is -2.29. The van der Waals surface area contributed by atoms with Crippen LogP contribution in [0.25, 0.3) is 0 Å². The standard InChI is InChI=1S/C10H15F3N2O2/c1-9(14,10(11,12)13)8(16)15-6-4-5-2-3-7(6)17-5/h5-7H,2-4,14H2,1H3,(H,15,16). The summed E-state index contributed by atoms with van der Waals surface area (Å²) in [6.07, 6.45) is -2.58.